The van der Waals surface area contributed by atoms with Gasteiger partial charge in [-0.15, -0.1) is 0 Å². The molecule has 0 atom stereocenters. The molecule has 0 aliphatic carbocycles. The molecule has 1 amide bonds. The van der Waals surface area contributed by atoms with E-state index in [4.69, 9.17) is 9.84 Å². The minimum Gasteiger partial charge on any atom is -0.450 e. The van der Waals surface area contributed by atoms with Crippen LogP contribution in [0, 0.1) is 0 Å². The molecule has 206 valence electrons. The zero-order valence-corrected chi connectivity index (χ0v) is 22.7. The van der Waals surface area contributed by atoms with Gasteiger partial charge in [0.1, 0.15) is 0 Å². The van der Waals surface area contributed by atoms with Crippen LogP contribution < -0.4 is 5.32 Å². The van der Waals surface area contributed by atoms with Gasteiger partial charge in [-0.2, -0.15) is 0 Å². The molecule has 0 fully saturated rings. The Morgan fingerprint density at radius 3 is 1.58 bits per heavy atom. The molecular formula is C30H51NO5. The molecule has 0 aliphatic rings. The molecule has 0 aliphatic heterocycles. The summed E-state index contributed by atoms with van der Waals surface area (Å²) in [4.78, 5) is 22.2. The second-order valence-corrected chi connectivity index (χ2v) is 9.83. The Bertz CT molecular complexity index is 662. The summed E-state index contributed by atoms with van der Waals surface area (Å²) in [6.07, 6.45) is 21.2. The van der Waals surface area contributed by atoms with Crippen molar-refractivity contribution in [2.24, 2.45) is 0 Å². The molecule has 6 nitrogen and oxygen atoms in total. The van der Waals surface area contributed by atoms with E-state index in [2.05, 4.69) is 29.1 Å². The summed E-state index contributed by atoms with van der Waals surface area (Å²) in [6.45, 7) is 3.05. The second kappa shape index (κ2) is 23.2. The van der Waals surface area contributed by atoms with Crippen molar-refractivity contribution in [2.75, 3.05) is 18.5 Å². The highest BCUT2D eigenvalue weighted by Gasteiger charge is 2.04. The average molecular weight is 506 g/mol. The van der Waals surface area contributed by atoms with Crippen LogP contribution in [0.4, 0.5) is 15.3 Å². The van der Waals surface area contributed by atoms with E-state index in [1.165, 1.54) is 89.0 Å². The van der Waals surface area contributed by atoms with Gasteiger partial charge in [-0.25, -0.2) is 9.59 Å². The Hall–Kier alpha value is -2.24. The number of carbonyl (C=O) groups excluding carboxylic acids is 1. The topological polar surface area (TPSA) is 84.9 Å². The van der Waals surface area contributed by atoms with Gasteiger partial charge in [-0.1, -0.05) is 115 Å². The third-order valence-electron chi connectivity index (χ3n) is 6.52. The van der Waals surface area contributed by atoms with Crippen LogP contribution in [0.25, 0.3) is 0 Å². The summed E-state index contributed by atoms with van der Waals surface area (Å²) < 4.78 is 9.82. The Morgan fingerprint density at radius 2 is 1.08 bits per heavy atom. The van der Waals surface area contributed by atoms with Crippen molar-refractivity contribution in [3.63, 3.8) is 0 Å². The predicted octanol–water partition coefficient (Wildman–Crippen LogP) is 9.51. The van der Waals surface area contributed by atoms with Crippen LogP contribution in [0.3, 0.4) is 0 Å². The normalized spacial score (nSPS) is 10.8. The molecule has 0 spiro atoms. The van der Waals surface area contributed by atoms with Crippen molar-refractivity contribution in [2.45, 2.75) is 129 Å². The largest absolute Gasteiger partial charge is 0.505 e. The fourth-order valence-corrected chi connectivity index (χ4v) is 4.31. The maximum absolute atomic E-state index is 12.0. The first kappa shape index (κ1) is 31.8. The molecular weight excluding hydrogens is 454 g/mol. The number of hydrogen-bond donors (Lipinski definition) is 2. The van der Waals surface area contributed by atoms with Crippen molar-refractivity contribution < 1.29 is 24.2 Å². The van der Waals surface area contributed by atoms with E-state index in [-0.39, 0.29) is 6.09 Å². The number of rotatable bonds is 23. The molecule has 0 heterocycles. The minimum absolute atomic E-state index is 0.315. The molecule has 1 aromatic carbocycles. The number of nitrogens with one attached hydrogen (secondary N) is 1. The van der Waals surface area contributed by atoms with Gasteiger partial charge in [0.2, 0.25) is 0 Å². The second-order valence-electron chi connectivity index (χ2n) is 9.83. The van der Waals surface area contributed by atoms with Crippen molar-refractivity contribution >= 4 is 17.9 Å². The molecule has 1 aromatic rings. The fourth-order valence-electron chi connectivity index (χ4n) is 4.31. The molecule has 2 N–H and O–H groups in total. The van der Waals surface area contributed by atoms with Gasteiger partial charge in [0, 0.05) is 5.69 Å². The summed E-state index contributed by atoms with van der Waals surface area (Å²) in [7, 11) is 0. The third kappa shape index (κ3) is 20.0. The van der Waals surface area contributed by atoms with Crippen LogP contribution in [0.5, 0.6) is 0 Å². The summed E-state index contributed by atoms with van der Waals surface area (Å²) in [6, 6.07) is 8.08. The Labute approximate surface area is 219 Å². The van der Waals surface area contributed by atoms with Crippen molar-refractivity contribution in [1.82, 2.24) is 0 Å². The number of aryl methyl sites for hydroxylation is 1. The van der Waals surface area contributed by atoms with Crippen molar-refractivity contribution in [3.8, 4) is 0 Å². The van der Waals surface area contributed by atoms with Crippen molar-refractivity contribution in [3.05, 3.63) is 29.8 Å². The van der Waals surface area contributed by atoms with Gasteiger partial charge in [0.25, 0.3) is 0 Å². The minimum atomic E-state index is -1.18. The number of carboxylic acid groups (broad SMARTS) is 1. The molecule has 0 unspecified atom stereocenters. The monoisotopic (exact) mass is 505 g/mol. The lowest BCUT2D eigenvalue weighted by atomic mass is 10.0. The maximum Gasteiger partial charge on any atom is 0.505 e. The van der Waals surface area contributed by atoms with E-state index in [9.17, 15) is 9.59 Å². The van der Waals surface area contributed by atoms with Crippen LogP contribution in [-0.2, 0) is 15.9 Å². The molecule has 0 bridgehead atoms. The van der Waals surface area contributed by atoms with E-state index >= 15 is 0 Å². The van der Waals surface area contributed by atoms with Gasteiger partial charge >= 0.3 is 12.2 Å². The lowest BCUT2D eigenvalue weighted by Gasteiger charge is -2.08. The first-order chi connectivity index (χ1) is 17.6. The van der Waals surface area contributed by atoms with E-state index in [1.807, 2.05) is 12.1 Å². The Morgan fingerprint density at radius 1 is 0.639 bits per heavy atom. The van der Waals surface area contributed by atoms with Crippen LogP contribution in [0.1, 0.15) is 128 Å². The number of amides is 1. The quantitative estimate of drug-likeness (QED) is 0.114. The predicted molar refractivity (Wildman–Crippen MR) is 148 cm³/mol. The third-order valence-corrected chi connectivity index (χ3v) is 6.52. The number of carbonyl (C=O) groups is 2. The summed E-state index contributed by atoms with van der Waals surface area (Å²) in [5.74, 6) is 0. The molecule has 0 radical (unpaired) electrons. The summed E-state index contributed by atoms with van der Waals surface area (Å²) in [5, 5.41) is 11.2. The molecule has 1 rings (SSSR count). The van der Waals surface area contributed by atoms with E-state index in [0.717, 1.165) is 44.2 Å². The lowest BCUT2D eigenvalue weighted by molar-refractivity contribution is 0.0899. The molecule has 36 heavy (non-hydrogen) atoms. The number of unbranched alkanes of at least 4 members (excludes halogenated alkanes) is 16. The van der Waals surface area contributed by atoms with Crippen LogP contribution in [0.15, 0.2) is 24.3 Å². The zero-order chi connectivity index (χ0) is 26.1. The number of benzene rings is 1. The average Bonchev–Trinajstić information content (AvgIpc) is 2.86. The number of ether oxygens (including phenoxy) is 2. The smallest absolute Gasteiger partial charge is 0.450 e. The van der Waals surface area contributed by atoms with E-state index in [1.54, 1.807) is 0 Å². The molecule has 0 saturated carbocycles. The standard InChI is InChI=1S/C30H51NO5/c1-2-3-4-5-6-9-12-15-18-25-35-29(32)31-28-23-21-27(22-24-28)20-17-14-11-8-7-10-13-16-19-26-36-30(33)34/h21-24H,2-20,25-26H2,1H3,(H,31,32)(H,33,34). The Balaban J connectivity index is 1.95. The maximum atomic E-state index is 12.0. The Kier molecular flexibility index (Phi) is 20.5. The van der Waals surface area contributed by atoms with Crippen LogP contribution in [-0.4, -0.2) is 30.6 Å². The zero-order valence-electron chi connectivity index (χ0n) is 22.7. The highest BCUT2D eigenvalue weighted by molar-refractivity contribution is 5.84. The van der Waals surface area contributed by atoms with Gasteiger partial charge in [0.15, 0.2) is 0 Å². The summed E-state index contributed by atoms with van der Waals surface area (Å²) >= 11 is 0. The first-order valence-electron chi connectivity index (χ1n) is 14.5. The highest BCUT2D eigenvalue weighted by atomic mass is 16.7. The highest BCUT2D eigenvalue weighted by Crippen LogP contribution is 2.15. The van der Waals surface area contributed by atoms with Crippen LogP contribution >= 0.6 is 0 Å². The van der Waals surface area contributed by atoms with Gasteiger partial charge in [-0.3, -0.25) is 5.32 Å². The molecule has 0 saturated heterocycles. The molecule has 0 aromatic heterocycles. The lowest BCUT2D eigenvalue weighted by Crippen LogP contribution is -2.14. The number of anilines is 1. The molecule has 6 heteroatoms. The van der Waals surface area contributed by atoms with Gasteiger partial charge in [-0.05, 0) is 43.4 Å². The van der Waals surface area contributed by atoms with Gasteiger partial charge < -0.3 is 14.6 Å². The van der Waals surface area contributed by atoms with Crippen molar-refractivity contribution in [1.29, 1.82) is 0 Å². The van der Waals surface area contributed by atoms with Gasteiger partial charge in [0.05, 0.1) is 13.2 Å². The number of hydrogen-bond acceptors (Lipinski definition) is 4. The first-order valence-corrected chi connectivity index (χ1v) is 14.5. The SMILES string of the molecule is CCCCCCCCCCCOC(=O)Nc1ccc(CCCCCCCCCCCOC(=O)O)cc1. The van der Waals surface area contributed by atoms with E-state index in [0.29, 0.717) is 13.2 Å². The van der Waals surface area contributed by atoms with Crippen LogP contribution in [0.2, 0.25) is 0 Å². The fraction of sp³-hybridized carbons (Fsp3) is 0.733. The van der Waals surface area contributed by atoms with E-state index < -0.39 is 6.16 Å². The summed E-state index contributed by atoms with van der Waals surface area (Å²) in [5.41, 5.74) is 2.08.